The number of hydrogen-bond donors (Lipinski definition) is 1. The molecule has 1 heterocycles. The van der Waals surface area contributed by atoms with Gasteiger partial charge in [-0.05, 0) is 30.0 Å². The van der Waals surface area contributed by atoms with Gasteiger partial charge in [0.1, 0.15) is 0 Å². The Morgan fingerprint density at radius 3 is 2.60 bits per heavy atom. The Kier molecular flexibility index (Phi) is 1.76. The van der Waals surface area contributed by atoms with Gasteiger partial charge in [-0.3, -0.25) is 4.79 Å². The summed E-state index contributed by atoms with van der Waals surface area (Å²) >= 11 is 4.94. The molecule has 0 bridgehead atoms. The molecule has 10 heavy (non-hydrogen) atoms. The summed E-state index contributed by atoms with van der Waals surface area (Å²) in [7, 11) is 0. The molecule has 0 aromatic carbocycles. The third-order valence-corrected chi connectivity index (χ3v) is 1.39. The third kappa shape index (κ3) is 1.19. The van der Waals surface area contributed by atoms with Gasteiger partial charge in [-0.25, -0.2) is 4.39 Å². The number of carbonyl (C=O) groups is 1. The maximum atomic E-state index is 13.0. The van der Waals surface area contributed by atoms with E-state index in [2.05, 4.69) is 5.32 Å². The minimum Gasteiger partial charge on any atom is -0.349 e. The molecule has 0 aromatic rings. The highest BCUT2D eigenvalue weighted by atomic mass is 35.5. The second kappa shape index (κ2) is 2.42. The molecule has 0 fully saturated rings. The highest BCUT2D eigenvalue weighted by Crippen LogP contribution is 2.15. The fraction of sp³-hybridized carbons (Fsp3) is 0.167. The van der Waals surface area contributed by atoms with Crippen molar-refractivity contribution in [3.05, 3.63) is 24.4 Å². The van der Waals surface area contributed by atoms with E-state index in [1.807, 2.05) is 0 Å². The van der Waals surface area contributed by atoms with Gasteiger partial charge >= 0.3 is 0 Å². The minimum absolute atomic E-state index is 1.06. The number of halogens is 2. The second-order valence-electron chi connectivity index (χ2n) is 1.85. The average Bonchev–Trinajstić information content (AvgIpc) is 1.89. The molecule has 54 valence electrons. The van der Waals surface area contributed by atoms with Gasteiger partial charge in [0, 0.05) is 0 Å². The van der Waals surface area contributed by atoms with Crippen molar-refractivity contribution in [2.45, 2.75) is 5.79 Å². The van der Waals surface area contributed by atoms with Crippen LogP contribution in [-0.2, 0) is 4.79 Å². The second-order valence-corrected chi connectivity index (χ2v) is 2.19. The van der Waals surface area contributed by atoms with Crippen LogP contribution in [0.1, 0.15) is 0 Å². The standard InChI is InChI=1S/C6H5ClFNO/c7-5(10)6(8)3-1-2-4-9-6/h1-4,9H. The number of allylic oxidation sites excluding steroid dienone is 2. The summed E-state index contributed by atoms with van der Waals surface area (Å²) < 4.78 is 13.0. The summed E-state index contributed by atoms with van der Waals surface area (Å²) in [5, 5.41) is 1.12. The fourth-order valence-electron chi connectivity index (χ4n) is 0.583. The van der Waals surface area contributed by atoms with Gasteiger partial charge in [0.15, 0.2) is 0 Å². The monoisotopic (exact) mass is 161 g/mol. The molecule has 4 heteroatoms. The van der Waals surface area contributed by atoms with E-state index in [0.29, 0.717) is 0 Å². The van der Waals surface area contributed by atoms with Crippen LogP contribution in [0, 0.1) is 0 Å². The SMILES string of the molecule is O=C(Cl)C1(F)C=CC=CN1. The van der Waals surface area contributed by atoms with Gasteiger partial charge in [-0.15, -0.1) is 0 Å². The van der Waals surface area contributed by atoms with Crippen LogP contribution in [0.5, 0.6) is 0 Å². The molecule has 1 unspecified atom stereocenters. The Labute approximate surface area is 62.4 Å². The minimum atomic E-state index is -2.21. The van der Waals surface area contributed by atoms with Gasteiger partial charge in [0.25, 0.3) is 11.0 Å². The predicted molar refractivity (Wildman–Crippen MR) is 36.1 cm³/mol. The Hall–Kier alpha value is -0.830. The molecule has 2 nitrogen and oxygen atoms in total. The zero-order valence-corrected chi connectivity index (χ0v) is 5.73. The summed E-state index contributed by atoms with van der Waals surface area (Å²) in [4.78, 5) is 10.4. The van der Waals surface area contributed by atoms with E-state index in [0.717, 1.165) is 6.08 Å². The first-order chi connectivity index (χ1) is 4.65. The van der Waals surface area contributed by atoms with Crippen molar-refractivity contribution in [3.8, 4) is 0 Å². The molecule has 0 saturated heterocycles. The number of rotatable bonds is 1. The lowest BCUT2D eigenvalue weighted by molar-refractivity contribution is -0.120. The van der Waals surface area contributed by atoms with E-state index in [4.69, 9.17) is 11.6 Å². The molecule has 1 atom stereocenters. The van der Waals surface area contributed by atoms with E-state index in [9.17, 15) is 9.18 Å². The third-order valence-electron chi connectivity index (χ3n) is 1.11. The first-order valence-electron chi connectivity index (χ1n) is 2.66. The largest absolute Gasteiger partial charge is 0.349 e. The molecule has 0 aliphatic carbocycles. The molecule has 1 N–H and O–H groups in total. The number of hydrogen-bond acceptors (Lipinski definition) is 2. The lowest BCUT2D eigenvalue weighted by Gasteiger charge is -2.18. The zero-order valence-electron chi connectivity index (χ0n) is 4.97. The van der Waals surface area contributed by atoms with Crippen LogP contribution in [0.25, 0.3) is 0 Å². The van der Waals surface area contributed by atoms with E-state index in [-0.39, 0.29) is 0 Å². The van der Waals surface area contributed by atoms with Crippen LogP contribution < -0.4 is 5.32 Å². The lowest BCUT2D eigenvalue weighted by Crippen LogP contribution is -2.42. The lowest BCUT2D eigenvalue weighted by atomic mass is 10.2. The zero-order chi connectivity index (χ0) is 7.61. The smallest absolute Gasteiger partial charge is 0.283 e. The van der Waals surface area contributed by atoms with Gasteiger partial charge in [-0.2, -0.15) is 0 Å². The number of dihydropyridines is 1. The quantitative estimate of drug-likeness (QED) is 0.461. The predicted octanol–water partition coefficient (Wildman–Crippen LogP) is 1.09. The molecule has 1 rings (SSSR count). The van der Waals surface area contributed by atoms with Crippen molar-refractivity contribution >= 4 is 16.8 Å². The Bertz CT molecular complexity index is 214. The van der Waals surface area contributed by atoms with Crippen LogP contribution in [0.3, 0.4) is 0 Å². The molecule has 0 aromatic heterocycles. The van der Waals surface area contributed by atoms with E-state index in [1.165, 1.54) is 12.3 Å². The van der Waals surface area contributed by atoms with Gasteiger partial charge in [0.05, 0.1) is 0 Å². The van der Waals surface area contributed by atoms with Crippen molar-refractivity contribution in [2.75, 3.05) is 0 Å². The average molecular weight is 162 g/mol. The van der Waals surface area contributed by atoms with Crippen molar-refractivity contribution in [1.29, 1.82) is 0 Å². The van der Waals surface area contributed by atoms with E-state index in [1.54, 1.807) is 6.08 Å². The normalized spacial score (nSPS) is 29.8. The van der Waals surface area contributed by atoms with Crippen LogP contribution in [-0.4, -0.2) is 11.0 Å². The number of carbonyl (C=O) groups excluding carboxylic acids is 1. The molecule has 0 saturated carbocycles. The fourth-order valence-corrected chi connectivity index (χ4v) is 0.701. The van der Waals surface area contributed by atoms with Crippen molar-refractivity contribution in [2.24, 2.45) is 0 Å². The summed E-state index contributed by atoms with van der Waals surface area (Å²) in [6, 6.07) is 0. The molecule has 0 spiro atoms. The number of nitrogens with one attached hydrogen (secondary N) is 1. The summed E-state index contributed by atoms with van der Waals surface area (Å²) in [5.74, 6) is -2.21. The first-order valence-corrected chi connectivity index (χ1v) is 3.04. The molecular weight excluding hydrogens is 157 g/mol. The summed E-state index contributed by atoms with van der Waals surface area (Å²) in [6.45, 7) is 0. The maximum Gasteiger partial charge on any atom is 0.283 e. The van der Waals surface area contributed by atoms with Crippen LogP contribution >= 0.6 is 11.6 Å². The Balaban J connectivity index is 2.80. The van der Waals surface area contributed by atoms with Crippen LogP contribution in [0.2, 0.25) is 0 Å². The van der Waals surface area contributed by atoms with Crippen LogP contribution in [0.15, 0.2) is 24.4 Å². The Morgan fingerprint density at radius 2 is 2.30 bits per heavy atom. The summed E-state index contributed by atoms with van der Waals surface area (Å²) in [5.41, 5.74) is 0. The highest BCUT2D eigenvalue weighted by molar-refractivity contribution is 6.65. The molecule has 1 aliphatic rings. The van der Waals surface area contributed by atoms with Crippen molar-refractivity contribution in [1.82, 2.24) is 5.32 Å². The summed E-state index contributed by atoms with van der Waals surface area (Å²) in [6.07, 6.45) is 5.36. The van der Waals surface area contributed by atoms with Gasteiger partial charge in [-0.1, -0.05) is 6.08 Å². The maximum absolute atomic E-state index is 13.0. The highest BCUT2D eigenvalue weighted by Gasteiger charge is 2.33. The molecular formula is C6H5ClFNO. The molecule has 0 radical (unpaired) electrons. The Morgan fingerprint density at radius 1 is 1.60 bits per heavy atom. The van der Waals surface area contributed by atoms with Crippen molar-refractivity contribution < 1.29 is 9.18 Å². The van der Waals surface area contributed by atoms with Gasteiger partial charge in [0.2, 0.25) is 0 Å². The molecule has 1 aliphatic heterocycles. The van der Waals surface area contributed by atoms with Gasteiger partial charge < -0.3 is 5.32 Å². The van der Waals surface area contributed by atoms with Crippen LogP contribution in [0.4, 0.5) is 4.39 Å². The molecule has 0 amide bonds. The van der Waals surface area contributed by atoms with E-state index < -0.39 is 11.0 Å². The number of alkyl halides is 1. The van der Waals surface area contributed by atoms with Crippen molar-refractivity contribution in [3.63, 3.8) is 0 Å². The van der Waals surface area contributed by atoms with E-state index >= 15 is 0 Å². The first kappa shape index (κ1) is 7.28. The topological polar surface area (TPSA) is 29.1 Å².